The number of alkyl halides is 1. The van der Waals surface area contributed by atoms with Crippen LogP contribution in [0.1, 0.15) is 11.5 Å². The molecule has 0 bridgehead atoms. The first-order chi connectivity index (χ1) is 8.90. The van der Waals surface area contributed by atoms with Crippen LogP contribution in [0.25, 0.3) is 0 Å². The van der Waals surface area contributed by atoms with Crippen LogP contribution >= 0.6 is 34.8 Å². The number of allylic oxidation sites excluding steroid dienone is 4. The summed E-state index contributed by atoms with van der Waals surface area (Å²) in [6.07, 6.45) is 3.35. The molecule has 1 aliphatic carbocycles. The van der Waals surface area contributed by atoms with E-state index in [2.05, 4.69) is 0 Å². The van der Waals surface area contributed by atoms with Crippen LogP contribution < -0.4 is 4.90 Å². The maximum absolute atomic E-state index is 14.0. The minimum absolute atomic E-state index is 0.267. The second-order valence-electron chi connectivity index (χ2n) is 4.61. The summed E-state index contributed by atoms with van der Waals surface area (Å²) in [6.45, 7) is 0. The molecule has 1 aromatic carbocycles. The van der Waals surface area contributed by atoms with Gasteiger partial charge in [0.05, 0.1) is 11.1 Å². The van der Waals surface area contributed by atoms with E-state index in [-0.39, 0.29) is 17.1 Å². The zero-order valence-electron chi connectivity index (χ0n) is 10.5. The lowest BCUT2D eigenvalue weighted by Crippen LogP contribution is -2.16. The zero-order chi connectivity index (χ0) is 14.2. The maximum atomic E-state index is 14.0. The Morgan fingerprint density at radius 3 is 2.42 bits per heavy atom. The topological polar surface area (TPSA) is 3.24 Å². The second-order valence-corrected chi connectivity index (χ2v) is 5.98. The lowest BCUT2D eigenvalue weighted by Gasteiger charge is -2.24. The van der Waals surface area contributed by atoms with Gasteiger partial charge in [-0.3, -0.25) is 0 Å². The maximum Gasteiger partial charge on any atom is 0.146 e. The molecule has 0 aromatic heterocycles. The summed E-state index contributed by atoms with van der Waals surface area (Å²) in [4.78, 5) is 1.71. The SMILES string of the molecule is CN(C)c1ccc(C2C(Cl)=CC(Cl)=CC2Cl)cc1F. The first-order valence-corrected chi connectivity index (χ1v) is 6.94. The highest BCUT2D eigenvalue weighted by atomic mass is 35.5. The highest BCUT2D eigenvalue weighted by Gasteiger charge is 2.27. The van der Waals surface area contributed by atoms with Crippen LogP contribution in [0.5, 0.6) is 0 Å². The molecule has 19 heavy (non-hydrogen) atoms. The number of hydrogen-bond acceptors (Lipinski definition) is 1. The minimum atomic E-state index is -0.380. The van der Waals surface area contributed by atoms with Crippen LogP contribution in [0.4, 0.5) is 10.1 Å². The van der Waals surface area contributed by atoms with Crippen molar-refractivity contribution in [1.82, 2.24) is 0 Å². The van der Waals surface area contributed by atoms with Gasteiger partial charge in [-0.1, -0.05) is 29.3 Å². The van der Waals surface area contributed by atoms with Crippen LogP contribution in [0.3, 0.4) is 0 Å². The Labute approximate surface area is 127 Å². The Morgan fingerprint density at radius 1 is 1.21 bits per heavy atom. The van der Waals surface area contributed by atoms with Gasteiger partial charge in [0.25, 0.3) is 0 Å². The van der Waals surface area contributed by atoms with Crippen molar-refractivity contribution in [3.63, 3.8) is 0 Å². The van der Waals surface area contributed by atoms with Gasteiger partial charge in [0, 0.05) is 30.1 Å². The highest BCUT2D eigenvalue weighted by Crippen LogP contribution is 2.40. The largest absolute Gasteiger partial charge is 0.375 e. The number of anilines is 1. The van der Waals surface area contributed by atoms with Gasteiger partial charge in [0.2, 0.25) is 0 Å². The van der Waals surface area contributed by atoms with E-state index in [9.17, 15) is 4.39 Å². The second kappa shape index (κ2) is 5.74. The molecule has 0 N–H and O–H groups in total. The van der Waals surface area contributed by atoms with E-state index in [0.29, 0.717) is 15.8 Å². The van der Waals surface area contributed by atoms with Crippen molar-refractivity contribution in [2.45, 2.75) is 11.3 Å². The van der Waals surface area contributed by atoms with Crippen LogP contribution in [-0.4, -0.2) is 19.5 Å². The minimum Gasteiger partial charge on any atom is -0.375 e. The fourth-order valence-electron chi connectivity index (χ4n) is 2.09. The van der Waals surface area contributed by atoms with E-state index in [0.717, 1.165) is 5.56 Å². The summed E-state index contributed by atoms with van der Waals surface area (Å²) in [5.41, 5.74) is 1.27. The van der Waals surface area contributed by atoms with Gasteiger partial charge in [0.1, 0.15) is 5.82 Å². The third-order valence-corrected chi connectivity index (χ3v) is 3.98. The molecule has 1 aliphatic rings. The molecular weight excluding hydrogens is 308 g/mol. The summed E-state index contributed by atoms with van der Waals surface area (Å²) < 4.78 is 14.0. The molecule has 102 valence electrons. The average molecular weight is 321 g/mol. The van der Waals surface area contributed by atoms with Crippen molar-refractivity contribution in [1.29, 1.82) is 0 Å². The monoisotopic (exact) mass is 319 g/mol. The van der Waals surface area contributed by atoms with Gasteiger partial charge in [-0.2, -0.15) is 0 Å². The predicted octanol–water partition coefficient (Wildman–Crippen LogP) is 4.84. The van der Waals surface area contributed by atoms with Gasteiger partial charge in [-0.25, -0.2) is 4.39 Å². The summed E-state index contributed by atoms with van der Waals surface area (Å²) in [5.74, 6) is -0.562. The molecule has 0 saturated heterocycles. The van der Waals surface area contributed by atoms with E-state index in [1.54, 1.807) is 37.2 Å². The Kier molecular flexibility index (Phi) is 4.44. The molecule has 0 saturated carbocycles. The molecule has 0 radical (unpaired) electrons. The molecule has 1 aromatic rings. The van der Waals surface area contributed by atoms with Gasteiger partial charge >= 0.3 is 0 Å². The fourth-order valence-corrected chi connectivity index (χ4v) is 3.33. The molecule has 2 unspecified atom stereocenters. The first-order valence-electron chi connectivity index (χ1n) is 5.75. The van der Waals surface area contributed by atoms with Gasteiger partial charge in [-0.15, -0.1) is 11.6 Å². The molecule has 0 heterocycles. The molecule has 5 heteroatoms. The van der Waals surface area contributed by atoms with Crippen LogP contribution in [0.15, 0.2) is 40.4 Å². The fraction of sp³-hybridized carbons (Fsp3) is 0.286. The summed E-state index contributed by atoms with van der Waals surface area (Å²) in [5, 5.41) is 0.644. The van der Waals surface area contributed by atoms with Crippen molar-refractivity contribution in [3.8, 4) is 0 Å². The quantitative estimate of drug-likeness (QED) is 0.705. The average Bonchev–Trinajstić information content (AvgIpc) is 2.26. The van der Waals surface area contributed by atoms with E-state index < -0.39 is 0 Å². The van der Waals surface area contributed by atoms with E-state index in [4.69, 9.17) is 34.8 Å². The molecule has 0 amide bonds. The van der Waals surface area contributed by atoms with Gasteiger partial charge in [0.15, 0.2) is 0 Å². The predicted molar refractivity (Wildman–Crippen MR) is 81.0 cm³/mol. The number of hydrogen-bond donors (Lipinski definition) is 0. The normalized spacial score (nSPS) is 22.8. The number of rotatable bonds is 2. The Morgan fingerprint density at radius 2 is 1.89 bits per heavy atom. The van der Waals surface area contributed by atoms with Gasteiger partial charge < -0.3 is 4.90 Å². The highest BCUT2D eigenvalue weighted by molar-refractivity contribution is 6.37. The molecule has 0 aliphatic heterocycles. The summed E-state index contributed by atoms with van der Waals surface area (Å²) >= 11 is 18.3. The Bertz CT molecular complexity index is 552. The molecule has 2 rings (SSSR count). The van der Waals surface area contributed by atoms with E-state index in [1.165, 1.54) is 6.07 Å². The smallest absolute Gasteiger partial charge is 0.146 e. The standard InChI is InChI=1S/C14H13Cl3FN/c1-19(2)13-4-3-8(5-12(13)18)14-10(16)6-9(15)7-11(14)17/h3-7,10,14H,1-2H3. The van der Waals surface area contributed by atoms with Crippen molar-refractivity contribution < 1.29 is 4.39 Å². The van der Waals surface area contributed by atoms with Gasteiger partial charge in [-0.05, 0) is 29.8 Å². The van der Waals surface area contributed by atoms with Crippen molar-refractivity contribution in [3.05, 3.63) is 51.8 Å². The third kappa shape index (κ3) is 3.07. The van der Waals surface area contributed by atoms with Crippen LogP contribution in [0, 0.1) is 5.82 Å². The van der Waals surface area contributed by atoms with Crippen molar-refractivity contribution >= 4 is 40.5 Å². The van der Waals surface area contributed by atoms with Crippen molar-refractivity contribution in [2.75, 3.05) is 19.0 Å². The lowest BCUT2D eigenvalue weighted by molar-refractivity contribution is 0.622. The Balaban J connectivity index is 2.38. The molecular formula is C14H13Cl3FN. The van der Waals surface area contributed by atoms with Crippen LogP contribution in [-0.2, 0) is 0 Å². The number of benzene rings is 1. The molecule has 0 fully saturated rings. The lowest BCUT2D eigenvalue weighted by atomic mass is 9.91. The van der Waals surface area contributed by atoms with Crippen LogP contribution in [0.2, 0.25) is 0 Å². The zero-order valence-corrected chi connectivity index (χ0v) is 12.8. The molecule has 2 atom stereocenters. The molecule has 1 nitrogen and oxygen atoms in total. The van der Waals surface area contributed by atoms with Crippen molar-refractivity contribution in [2.24, 2.45) is 0 Å². The number of halogens is 4. The Hall–Kier alpha value is -0.700. The summed E-state index contributed by atoms with van der Waals surface area (Å²) in [7, 11) is 3.58. The molecule has 0 spiro atoms. The summed E-state index contributed by atoms with van der Waals surface area (Å²) in [6, 6.07) is 5.03. The first kappa shape index (κ1) is 14.7. The third-order valence-electron chi connectivity index (χ3n) is 3.02. The number of nitrogens with zero attached hydrogens (tertiary/aromatic N) is 1. The van der Waals surface area contributed by atoms with E-state index >= 15 is 0 Å². The van der Waals surface area contributed by atoms with E-state index in [1.807, 2.05) is 6.07 Å².